The van der Waals surface area contributed by atoms with Crippen LogP contribution in [-0.2, 0) is 11.8 Å². The number of anilines is 3. The number of aliphatic hydroxyl groups is 1. The first-order chi connectivity index (χ1) is 12.2. The summed E-state index contributed by atoms with van der Waals surface area (Å²) in [5.74, 6) is 1.14. The molecule has 0 saturated carbocycles. The highest BCUT2D eigenvalue weighted by Gasteiger charge is 2.12. The van der Waals surface area contributed by atoms with Crippen molar-refractivity contribution in [2.75, 3.05) is 37.0 Å². The lowest BCUT2D eigenvalue weighted by molar-refractivity contribution is 0.0991. The first-order valence-corrected chi connectivity index (χ1v) is 8.12. The Kier molecular flexibility index (Phi) is 5.42. The Morgan fingerprint density at radius 1 is 1.16 bits per heavy atom. The highest BCUT2D eigenvalue weighted by Crippen LogP contribution is 2.24. The molecule has 0 unspecified atom stereocenters. The third-order valence-corrected chi connectivity index (χ3v) is 3.64. The lowest BCUT2D eigenvalue weighted by Crippen LogP contribution is -2.14. The number of aliphatic hydroxyl groups excluding tert-OH is 1. The molecule has 3 N–H and O–H groups in total. The van der Waals surface area contributed by atoms with E-state index in [2.05, 4.69) is 25.6 Å². The number of hydrogen-bond acceptors (Lipinski definition) is 7. The molecule has 0 bridgehead atoms. The topological polar surface area (TPSA) is 97.1 Å². The summed E-state index contributed by atoms with van der Waals surface area (Å²) in [5.41, 5.74) is 3.59. The van der Waals surface area contributed by atoms with Crippen molar-refractivity contribution in [3.8, 4) is 0 Å². The zero-order valence-corrected chi connectivity index (χ0v) is 14.4. The molecule has 1 aromatic carbocycles. The van der Waals surface area contributed by atoms with Crippen molar-refractivity contribution >= 4 is 28.6 Å². The van der Waals surface area contributed by atoms with E-state index in [-0.39, 0.29) is 6.61 Å². The molecule has 8 nitrogen and oxygen atoms in total. The number of ether oxygens (including phenoxy) is 1. The Morgan fingerprint density at radius 2 is 1.96 bits per heavy atom. The molecule has 3 rings (SSSR count). The van der Waals surface area contributed by atoms with E-state index in [1.165, 1.54) is 5.56 Å². The minimum atomic E-state index is 0.0160. The van der Waals surface area contributed by atoms with Gasteiger partial charge in [0.15, 0.2) is 17.0 Å². The Morgan fingerprint density at radius 3 is 2.72 bits per heavy atom. The minimum absolute atomic E-state index is 0.0160. The number of nitrogens with zero attached hydrogens (tertiary/aromatic N) is 4. The number of aromatic nitrogens is 4. The molecule has 2 heterocycles. The highest BCUT2D eigenvalue weighted by atomic mass is 16.5. The monoisotopic (exact) mass is 342 g/mol. The maximum atomic E-state index is 8.71. The summed E-state index contributed by atoms with van der Waals surface area (Å²) < 4.78 is 7.09. The molecule has 25 heavy (non-hydrogen) atoms. The van der Waals surface area contributed by atoms with E-state index in [1.807, 2.05) is 42.8 Å². The van der Waals surface area contributed by atoms with Crippen molar-refractivity contribution < 1.29 is 9.84 Å². The van der Waals surface area contributed by atoms with Crippen LogP contribution < -0.4 is 10.6 Å². The molecule has 0 aliphatic rings. The second kappa shape index (κ2) is 7.91. The van der Waals surface area contributed by atoms with Crippen LogP contribution in [0.5, 0.6) is 0 Å². The fourth-order valence-electron chi connectivity index (χ4n) is 2.35. The fourth-order valence-corrected chi connectivity index (χ4v) is 2.35. The largest absolute Gasteiger partial charge is 0.394 e. The Bertz CT molecular complexity index is 831. The van der Waals surface area contributed by atoms with Crippen LogP contribution in [0.3, 0.4) is 0 Å². The van der Waals surface area contributed by atoms with Crippen LogP contribution in [0.2, 0.25) is 0 Å². The molecule has 0 aliphatic heterocycles. The summed E-state index contributed by atoms with van der Waals surface area (Å²) in [6, 6.07) is 8.08. The Labute approximate surface area is 145 Å². The van der Waals surface area contributed by atoms with E-state index in [4.69, 9.17) is 9.84 Å². The third-order valence-electron chi connectivity index (χ3n) is 3.64. The molecule has 8 heteroatoms. The predicted molar refractivity (Wildman–Crippen MR) is 97.2 cm³/mol. The SMILES string of the molecule is Cc1ccc(Nc2nc(NCCOCCO)nc3c2ncn3C)cc1. The van der Waals surface area contributed by atoms with Crippen molar-refractivity contribution in [2.24, 2.45) is 7.05 Å². The first kappa shape index (κ1) is 17.1. The number of imidazole rings is 1. The van der Waals surface area contributed by atoms with Crippen LogP contribution in [-0.4, -0.2) is 51.0 Å². The van der Waals surface area contributed by atoms with Crippen molar-refractivity contribution in [2.45, 2.75) is 6.92 Å². The molecule has 0 saturated heterocycles. The van der Waals surface area contributed by atoms with Gasteiger partial charge < -0.3 is 25.0 Å². The zero-order valence-electron chi connectivity index (χ0n) is 14.4. The van der Waals surface area contributed by atoms with Crippen LogP contribution in [0, 0.1) is 6.92 Å². The van der Waals surface area contributed by atoms with Crippen molar-refractivity contribution in [1.29, 1.82) is 0 Å². The molecular formula is C17H22N6O2. The summed E-state index contributed by atoms with van der Waals surface area (Å²) in [7, 11) is 1.89. The van der Waals surface area contributed by atoms with Crippen LogP contribution >= 0.6 is 0 Å². The summed E-state index contributed by atoms with van der Waals surface area (Å²) in [4.78, 5) is 13.4. The van der Waals surface area contributed by atoms with E-state index in [0.29, 0.717) is 37.0 Å². The van der Waals surface area contributed by atoms with Gasteiger partial charge in [-0.25, -0.2) is 4.98 Å². The van der Waals surface area contributed by atoms with Crippen molar-refractivity contribution in [1.82, 2.24) is 19.5 Å². The van der Waals surface area contributed by atoms with Gasteiger partial charge in [-0.1, -0.05) is 17.7 Å². The summed E-state index contributed by atoms with van der Waals surface area (Å²) in [6.07, 6.45) is 1.72. The van der Waals surface area contributed by atoms with Crippen LogP contribution in [0.4, 0.5) is 17.5 Å². The fraction of sp³-hybridized carbons (Fsp3) is 0.353. The Hall–Kier alpha value is -2.71. The average Bonchev–Trinajstić information content (AvgIpc) is 2.98. The number of benzene rings is 1. The molecule has 0 atom stereocenters. The predicted octanol–water partition coefficient (Wildman–Crippen LogP) is 1.84. The maximum Gasteiger partial charge on any atom is 0.226 e. The molecule has 3 aromatic rings. The van der Waals surface area contributed by atoms with Gasteiger partial charge >= 0.3 is 0 Å². The summed E-state index contributed by atoms with van der Waals surface area (Å²) in [6.45, 7) is 3.40. The van der Waals surface area contributed by atoms with Crippen LogP contribution in [0.15, 0.2) is 30.6 Å². The first-order valence-electron chi connectivity index (χ1n) is 8.12. The number of hydrogen-bond donors (Lipinski definition) is 3. The number of fused-ring (bicyclic) bond motifs is 1. The molecule has 132 valence electrons. The van der Waals surface area contributed by atoms with E-state index in [0.717, 1.165) is 11.3 Å². The second-order valence-corrected chi connectivity index (χ2v) is 5.68. The second-order valence-electron chi connectivity index (χ2n) is 5.68. The molecular weight excluding hydrogens is 320 g/mol. The maximum absolute atomic E-state index is 8.71. The van der Waals surface area contributed by atoms with Crippen LogP contribution in [0.1, 0.15) is 5.56 Å². The zero-order chi connectivity index (χ0) is 17.6. The van der Waals surface area contributed by atoms with Crippen LogP contribution in [0.25, 0.3) is 11.2 Å². The van der Waals surface area contributed by atoms with E-state index in [1.54, 1.807) is 6.33 Å². The molecule has 0 fully saturated rings. The van der Waals surface area contributed by atoms with Gasteiger partial charge in [0.2, 0.25) is 5.95 Å². The molecule has 0 amide bonds. The van der Waals surface area contributed by atoms with Gasteiger partial charge in [0.1, 0.15) is 0 Å². The van der Waals surface area contributed by atoms with Gasteiger partial charge in [0.05, 0.1) is 26.1 Å². The average molecular weight is 342 g/mol. The van der Waals surface area contributed by atoms with Gasteiger partial charge in [-0.05, 0) is 19.1 Å². The van der Waals surface area contributed by atoms with E-state index < -0.39 is 0 Å². The molecule has 0 radical (unpaired) electrons. The quantitative estimate of drug-likeness (QED) is 0.537. The number of nitrogens with one attached hydrogen (secondary N) is 2. The highest BCUT2D eigenvalue weighted by molar-refractivity contribution is 5.86. The van der Waals surface area contributed by atoms with Crippen molar-refractivity contribution in [3.05, 3.63) is 36.2 Å². The van der Waals surface area contributed by atoms with Crippen molar-refractivity contribution in [3.63, 3.8) is 0 Å². The third kappa shape index (κ3) is 4.23. The van der Waals surface area contributed by atoms with E-state index >= 15 is 0 Å². The minimum Gasteiger partial charge on any atom is -0.394 e. The van der Waals surface area contributed by atoms with Gasteiger partial charge in [0.25, 0.3) is 0 Å². The molecule has 2 aromatic heterocycles. The lowest BCUT2D eigenvalue weighted by atomic mass is 10.2. The molecule has 0 aliphatic carbocycles. The van der Waals surface area contributed by atoms with Gasteiger partial charge in [-0.15, -0.1) is 0 Å². The summed E-state index contributed by atoms with van der Waals surface area (Å²) in [5, 5.41) is 15.2. The van der Waals surface area contributed by atoms with Gasteiger partial charge in [-0.2, -0.15) is 9.97 Å². The number of rotatable bonds is 8. The Balaban J connectivity index is 1.81. The lowest BCUT2D eigenvalue weighted by Gasteiger charge is -2.10. The van der Waals surface area contributed by atoms with Gasteiger partial charge in [-0.3, -0.25) is 0 Å². The smallest absolute Gasteiger partial charge is 0.226 e. The van der Waals surface area contributed by atoms with E-state index in [9.17, 15) is 0 Å². The molecule has 0 spiro atoms. The standard InChI is InChI=1S/C17H22N6O2/c1-12-3-5-13(6-4-12)20-15-14-16(23(2)11-19-14)22-17(21-15)18-7-9-25-10-8-24/h3-6,11,24H,7-10H2,1-2H3,(H2,18,20,21,22). The number of aryl methyl sites for hydroxylation is 2. The summed E-state index contributed by atoms with van der Waals surface area (Å²) >= 11 is 0. The normalized spacial score (nSPS) is 11.0. The van der Waals surface area contributed by atoms with Gasteiger partial charge in [0, 0.05) is 19.3 Å².